The fourth-order valence-corrected chi connectivity index (χ4v) is 2.62. The van der Waals surface area contributed by atoms with Gasteiger partial charge in [-0.15, -0.1) is 0 Å². The van der Waals surface area contributed by atoms with Crippen molar-refractivity contribution in [1.29, 1.82) is 0 Å². The molecule has 6 nitrogen and oxygen atoms in total. The van der Waals surface area contributed by atoms with E-state index in [-0.39, 0.29) is 11.3 Å². The average molecular weight is 268 g/mol. The number of rotatable bonds is 4. The highest BCUT2D eigenvalue weighted by atomic mass is 32.2. The first-order valence-corrected chi connectivity index (χ1v) is 6.38. The molecule has 96 valence electrons. The van der Waals surface area contributed by atoms with Gasteiger partial charge in [-0.2, -0.15) is 0 Å². The van der Waals surface area contributed by atoms with E-state index in [2.05, 4.69) is 9.97 Å². The summed E-state index contributed by atoms with van der Waals surface area (Å²) in [5, 5.41) is 9.68. The Morgan fingerprint density at radius 3 is 2.83 bits per heavy atom. The van der Waals surface area contributed by atoms with E-state index in [1.165, 1.54) is 18.0 Å². The SMILES string of the molecule is O=Cc1cnc(SC2CCOCC2)nc1C(=O)O. The lowest BCUT2D eigenvalue weighted by Crippen LogP contribution is -2.18. The molecule has 0 bridgehead atoms. The van der Waals surface area contributed by atoms with E-state index < -0.39 is 5.97 Å². The number of aromatic carboxylic acids is 1. The van der Waals surface area contributed by atoms with E-state index in [0.29, 0.717) is 29.9 Å². The van der Waals surface area contributed by atoms with Gasteiger partial charge in [-0.1, -0.05) is 11.8 Å². The summed E-state index contributed by atoms with van der Waals surface area (Å²) in [7, 11) is 0. The first-order valence-electron chi connectivity index (χ1n) is 5.50. The molecule has 1 N–H and O–H groups in total. The maximum atomic E-state index is 10.9. The lowest BCUT2D eigenvalue weighted by molar-refractivity contribution is 0.0686. The van der Waals surface area contributed by atoms with E-state index in [9.17, 15) is 9.59 Å². The number of carbonyl (C=O) groups excluding carboxylic acids is 1. The van der Waals surface area contributed by atoms with E-state index in [1.807, 2.05) is 0 Å². The number of carbonyl (C=O) groups is 2. The van der Waals surface area contributed by atoms with Gasteiger partial charge in [0.25, 0.3) is 0 Å². The molecule has 1 aliphatic rings. The molecular weight excluding hydrogens is 256 g/mol. The second kappa shape index (κ2) is 5.92. The summed E-state index contributed by atoms with van der Waals surface area (Å²) in [4.78, 5) is 29.5. The van der Waals surface area contributed by atoms with Gasteiger partial charge in [0.2, 0.25) is 0 Å². The predicted molar refractivity (Wildman–Crippen MR) is 64.1 cm³/mol. The van der Waals surface area contributed by atoms with E-state index in [0.717, 1.165) is 12.8 Å². The maximum absolute atomic E-state index is 10.9. The number of aromatic nitrogens is 2. The molecule has 0 spiro atoms. The van der Waals surface area contributed by atoms with Gasteiger partial charge in [0.1, 0.15) is 0 Å². The minimum absolute atomic E-state index is 0.00109. The largest absolute Gasteiger partial charge is 0.476 e. The van der Waals surface area contributed by atoms with Crippen molar-refractivity contribution in [3.05, 3.63) is 17.5 Å². The molecule has 0 aromatic carbocycles. The third kappa shape index (κ3) is 3.05. The number of ether oxygens (including phenoxy) is 1. The third-order valence-corrected chi connectivity index (χ3v) is 3.78. The standard InChI is InChI=1S/C11H12N2O4S/c14-6-7-5-12-11(13-9(7)10(15)16)18-8-1-3-17-4-2-8/h5-6,8H,1-4H2,(H,15,16). The second-order valence-corrected chi connectivity index (χ2v) is 5.08. The molecule has 1 aliphatic heterocycles. The first kappa shape index (κ1) is 13.0. The van der Waals surface area contributed by atoms with Crippen LogP contribution >= 0.6 is 11.8 Å². The van der Waals surface area contributed by atoms with Crippen molar-refractivity contribution in [1.82, 2.24) is 9.97 Å². The molecule has 0 atom stereocenters. The summed E-state index contributed by atoms with van der Waals surface area (Å²) < 4.78 is 5.24. The monoisotopic (exact) mass is 268 g/mol. The topological polar surface area (TPSA) is 89.4 Å². The Bertz CT molecular complexity index is 460. The quantitative estimate of drug-likeness (QED) is 0.649. The van der Waals surface area contributed by atoms with E-state index >= 15 is 0 Å². The van der Waals surface area contributed by atoms with E-state index in [1.54, 1.807) is 0 Å². The molecule has 1 saturated heterocycles. The Kier molecular flexibility index (Phi) is 4.27. The Balaban J connectivity index is 2.15. The summed E-state index contributed by atoms with van der Waals surface area (Å²) in [6.45, 7) is 1.41. The number of thioether (sulfide) groups is 1. The fourth-order valence-electron chi connectivity index (χ4n) is 1.63. The maximum Gasteiger partial charge on any atom is 0.355 e. The average Bonchev–Trinajstić information content (AvgIpc) is 2.40. The van der Waals surface area contributed by atoms with Crippen molar-refractivity contribution in [2.75, 3.05) is 13.2 Å². The number of nitrogens with zero attached hydrogens (tertiary/aromatic N) is 2. The van der Waals surface area contributed by atoms with Crippen molar-refractivity contribution >= 4 is 24.0 Å². The van der Waals surface area contributed by atoms with Gasteiger partial charge in [0, 0.05) is 24.7 Å². The zero-order chi connectivity index (χ0) is 13.0. The van der Waals surface area contributed by atoms with Gasteiger partial charge in [-0.3, -0.25) is 4.79 Å². The van der Waals surface area contributed by atoms with Gasteiger partial charge in [0.15, 0.2) is 17.1 Å². The summed E-state index contributed by atoms with van der Waals surface area (Å²) in [6.07, 6.45) is 3.50. The number of aldehydes is 1. The smallest absolute Gasteiger partial charge is 0.355 e. The molecule has 18 heavy (non-hydrogen) atoms. The zero-order valence-corrected chi connectivity index (χ0v) is 10.4. The number of hydrogen-bond acceptors (Lipinski definition) is 6. The Morgan fingerprint density at radius 1 is 1.50 bits per heavy atom. The van der Waals surface area contributed by atoms with Crippen LogP contribution in [-0.2, 0) is 4.74 Å². The molecule has 0 radical (unpaired) electrons. The van der Waals surface area contributed by atoms with Gasteiger partial charge < -0.3 is 9.84 Å². The van der Waals surface area contributed by atoms with E-state index in [4.69, 9.17) is 9.84 Å². The highest BCUT2D eigenvalue weighted by Crippen LogP contribution is 2.27. The van der Waals surface area contributed by atoms with Gasteiger partial charge in [-0.05, 0) is 12.8 Å². The minimum atomic E-state index is -1.21. The highest BCUT2D eigenvalue weighted by molar-refractivity contribution is 7.99. The van der Waals surface area contributed by atoms with Crippen molar-refractivity contribution in [3.63, 3.8) is 0 Å². The summed E-state index contributed by atoms with van der Waals surface area (Å²) in [6, 6.07) is 0. The molecule has 0 saturated carbocycles. The van der Waals surface area contributed by atoms with Crippen LogP contribution in [0.3, 0.4) is 0 Å². The lowest BCUT2D eigenvalue weighted by Gasteiger charge is -2.20. The van der Waals surface area contributed by atoms with Crippen LogP contribution in [0.15, 0.2) is 11.4 Å². The molecule has 1 aromatic rings. The van der Waals surface area contributed by atoms with Crippen molar-refractivity contribution in [3.8, 4) is 0 Å². The first-order chi connectivity index (χ1) is 8.70. The normalized spacial score (nSPS) is 16.4. The molecule has 0 amide bonds. The van der Waals surface area contributed by atoms with Crippen LogP contribution in [0.4, 0.5) is 0 Å². The minimum Gasteiger partial charge on any atom is -0.476 e. The van der Waals surface area contributed by atoms with Crippen LogP contribution in [0.1, 0.15) is 33.7 Å². The summed E-state index contributed by atoms with van der Waals surface area (Å²) in [5.41, 5.74) is -0.242. The predicted octanol–water partition coefficient (Wildman–Crippen LogP) is 1.26. The number of carboxylic acids is 1. The van der Waals surface area contributed by atoms with Gasteiger partial charge in [-0.25, -0.2) is 14.8 Å². The molecule has 1 fully saturated rings. The number of carboxylic acid groups (broad SMARTS) is 1. The number of hydrogen-bond donors (Lipinski definition) is 1. The van der Waals surface area contributed by atoms with Crippen molar-refractivity contribution in [2.45, 2.75) is 23.2 Å². The van der Waals surface area contributed by atoms with Crippen LogP contribution in [0.5, 0.6) is 0 Å². The molecule has 2 heterocycles. The van der Waals surface area contributed by atoms with Crippen LogP contribution < -0.4 is 0 Å². The zero-order valence-electron chi connectivity index (χ0n) is 9.54. The van der Waals surface area contributed by atoms with Gasteiger partial charge >= 0.3 is 5.97 Å². The Morgan fingerprint density at radius 2 is 2.22 bits per heavy atom. The van der Waals surface area contributed by atoms with Crippen LogP contribution in [-0.4, -0.2) is 45.8 Å². The van der Waals surface area contributed by atoms with Crippen molar-refractivity contribution in [2.24, 2.45) is 0 Å². The van der Waals surface area contributed by atoms with Crippen LogP contribution in [0, 0.1) is 0 Å². The Labute approximate surface area is 108 Å². The van der Waals surface area contributed by atoms with Crippen molar-refractivity contribution < 1.29 is 19.4 Å². The second-order valence-electron chi connectivity index (χ2n) is 3.81. The molecule has 2 rings (SSSR count). The Hall–Kier alpha value is -1.47. The lowest BCUT2D eigenvalue weighted by atomic mass is 10.2. The molecule has 0 unspecified atom stereocenters. The third-order valence-electron chi connectivity index (χ3n) is 2.56. The summed E-state index contributed by atoms with van der Waals surface area (Å²) >= 11 is 1.43. The fraction of sp³-hybridized carbons (Fsp3) is 0.455. The molecular formula is C11H12N2O4S. The molecule has 1 aromatic heterocycles. The van der Waals surface area contributed by atoms with Crippen LogP contribution in [0.25, 0.3) is 0 Å². The highest BCUT2D eigenvalue weighted by Gasteiger charge is 2.19. The van der Waals surface area contributed by atoms with Gasteiger partial charge in [0.05, 0.1) is 5.56 Å². The summed E-state index contributed by atoms with van der Waals surface area (Å²) in [5.74, 6) is -1.21. The molecule has 0 aliphatic carbocycles. The van der Waals surface area contributed by atoms with Crippen LogP contribution in [0.2, 0.25) is 0 Å². The molecule has 7 heteroatoms.